The topological polar surface area (TPSA) is 69.1 Å². The van der Waals surface area contributed by atoms with E-state index in [-0.39, 0.29) is 16.6 Å². The molecule has 88 valence electrons. The van der Waals surface area contributed by atoms with Crippen LogP contribution in [0.4, 0.5) is 18.9 Å². The van der Waals surface area contributed by atoms with Crippen molar-refractivity contribution in [3.8, 4) is 0 Å². The molecule has 0 aliphatic rings. The Kier molecular flexibility index (Phi) is 2.45. The number of fused-ring (bicyclic) bond motifs is 1. The monoisotopic (exact) mass is 241 g/mol. The maximum atomic E-state index is 12.7. The highest BCUT2D eigenvalue weighted by Crippen LogP contribution is 2.34. The van der Waals surface area contributed by atoms with E-state index in [1.807, 2.05) is 0 Å². The number of aromatic nitrogens is 1. The SMILES string of the molecule is N=Nc1ccc2[nH]c(=O)cc(C(F)(F)F)c2c1. The van der Waals surface area contributed by atoms with Crippen molar-refractivity contribution in [1.29, 1.82) is 5.53 Å². The van der Waals surface area contributed by atoms with E-state index in [2.05, 4.69) is 10.1 Å². The number of hydrogen-bond acceptors (Lipinski definition) is 3. The number of halogens is 3. The number of aromatic amines is 1. The number of hydrogen-bond donors (Lipinski definition) is 2. The summed E-state index contributed by atoms with van der Waals surface area (Å²) >= 11 is 0. The fraction of sp³-hybridized carbons (Fsp3) is 0.100. The molecular weight excluding hydrogens is 235 g/mol. The van der Waals surface area contributed by atoms with Crippen LogP contribution in [0.1, 0.15) is 5.56 Å². The molecule has 2 N–H and O–H groups in total. The third kappa shape index (κ3) is 2.03. The van der Waals surface area contributed by atoms with E-state index < -0.39 is 17.3 Å². The highest BCUT2D eigenvalue weighted by molar-refractivity contribution is 5.85. The Morgan fingerprint density at radius 3 is 2.53 bits per heavy atom. The zero-order chi connectivity index (χ0) is 12.6. The first-order valence-electron chi connectivity index (χ1n) is 4.53. The number of pyridine rings is 1. The summed E-state index contributed by atoms with van der Waals surface area (Å²) in [6.07, 6.45) is -4.62. The Morgan fingerprint density at radius 2 is 1.94 bits per heavy atom. The summed E-state index contributed by atoms with van der Waals surface area (Å²) in [5, 5.41) is 2.88. The Morgan fingerprint density at radius 1 is 1.24 bits per heavy atom. The van der Waals surface area contributed by atoms with Gasteiger partial charge in [-0.05, 0) is 18.2 Å². The van der Waals surface area contributed by atoms with Crippen molar-refractivity contribution in [2.24, 2.45) is 5.11 Å². The van der Waals surface area contributed by atoms with Gasteiger partial charge in [-0.3, -0.25) is 4.79 Å². The number of nitrogens with one attached hydrogen (secondary N) is 2. The minimum atomic E-state index is -4.62. The lowest BCUT2D eigenvalue weighted by atomic mass is 10.1. The van der Waals surface area contributed by atoms with Crippen molar-refractivity contribution < 1.29 is 13.2 Å². The molecular formula is C10H6F3N3O. The van der Waals surface area contributed by atoms with E-state index in [9.17, 15) is 18.0 Å². The molecule has 2 aromatic rings. The Labute approximate surface area is 92.6 Å². The first-order chi connectivity index (χ1) is 7.91. The molecule has 1 aromatic carbocycles. The molecule has 0 amide bonds. The van der Waals surface area contributed by atoms with E-state index in [1.54, 1.807) is 0 Å². The predicted octanol–water partition coefficient (Wildman–Crippen LogP) is 3.21. The van der Waals surface area contributed by atoms with Gasteiger partial charge in [0, 0.05) is 17.0 Å². The summed E-state index contributed by atoms with van der Waals surface area (Å²) in [6.45, 7) is 0. The van der Waals surface area contributed by atoms with Gasteiger partial charge in [0.25, 0.3) is 0 Å². The van der Waals surface area contributed by atoms with Gasteiger partial charge in [-0.2, -0.15) is 18.3 Å². The van der Waals surface area contributed by atoms with Crippen LogP contribution in [0, 0.1) is 5.53 Å². The lowest BCUT2D eigenvalue weighted by molar-refractivity contribution is -0.136. The van der Waals surface area contributed by atoms with E-state index >= 15 is 0 Å². The molecule has 4 nitrogen and oxygen atoms in total. The normalized spacial score (nSPS) is 11.7. The van der Waals surface area contributed by atoms with Gasteiger partial charge in [0.05, 0.1) is 11.3 Å². The van der Waals surface area contributed by atoms with Crippen LogP contribution < -0.4 is 5.56 Å². The quantitative estimate of drug-likeness (QED) is 0.739. The number of benzene rings is 1. The standard InChI is InChI=1S/C10H6F3N3O/c11-10(12,13)7-4-9(17)15-8-2-1-5(16-14)3-6(7)8/h1-4,14H,(H,15,17). The van der Waals surface area contributed by atoms with Crippen LogP contribution >= 0.6 is 0 Å². The smallest absolute Gasteiger partial charge is 0.322 e. The average Bonchev–Trinajstić information content (AvgIpc) is 2.26. The molecule has 0 radical (unpaired) electrons. The second-order valence-corrected chi connectivity index (χ2v) is 3.39. The summed E-state index contributed by atoms with van der Waals surface area (Å²) in [5.74, 6) is 0. The number of H-pyrrole nitrogens is 1. The molecule has 0 saturated carbocycles. The van der Waals surface area contributed by atoms with Gasteiger partial charge < -0.3 is 4.98 Å². The van der Waals surface area contributed by atoms with Crippen molar-refractivity contribution >= 4 is 16.6 Å². The molecule has 0 bridgehead atoms. The summed E-state index contributed by atoms with van der Waals surface area (Å²) in [5.41, 5.74) is 5.07. The zero-order valence-electron chi connectivity index (χ0n) is 8.30. The van der Waals surface area contributed by atoms with E-state index in [4.69, 9.17) is 5.53 Å². The Bertz CT molecular complexity index is 645. The molecule has 0 aliphatic carbocycles. The molecule has 0 aliphatic heterocycles. The molecule has 0 atom stereocenters. The van der Waals surface area contributed by atoms with Crippen molar-refractivity contribution in [2.45, 2.75) is 6.18 Å². The maximum Gasteiger partial charge on any atom is 0.417 e. The van der Waals surface area contributed by atoms with E-state index in [0.717, 1.165) is 6.07 Å². The van der Waals surface area contributed by atoms with Crippen LogP contribution in [-0.4, -0.2) is 4.98 Å². The van der Waals surface area contributed by atoms with Gasteiger partial charge in [0.1, 0.15) is 0 Å². The fourth-order valence-electron chi connectivity index (χ4n) is 1.55. The van der Waals surface area contributed by atoms with Gasteiger partial charge in [0.2, 0.25) is 5.56 Å². The highest BCUT2D eigenvalue weighted by atomic mass is 19.4. The first kappa shape index (κ1) is 11.3. The molecule has 0 unspecified atom stereocenters. The van der Waals surface area contributed by atoms with Crippen LogP contribution in [0.5, 0.6) is 0 Å². The van der Waals surface area contributed by atoms with Crippen LogP contribution in [-0.2, 0) is 6.18 Å². The van der Waals surface area contributed by atoms with Gasteiger partial charge >= 0.3 is 6.18 Å². The van der Waals surface area contributed by atoms with Gasteiger partial charge in [-0.25, -0.2) is 5.53 Å². The largest absolute Gasteiger partial charge is 0.417 e. The molecule has 0 saturated heterocycles. The summed E-state index contributed by atoms with van der Waals surface area (Å²) < 4.78 is 38.1. The Balaban J connectivity index is 2.89. The molecule has 2 rings (SSSR count). The maximum absolute atomic E-state index is 12.7. The van der Waals surface area contributed by atoms with Crippen molar-refractivity contribution in [3.05, 3.63) is 40.2 Å². The minimum Gasteiger partial charge on any atom is -0.322 e. The van der Waals surface area contributed by atoms with Gasteiger partial charge in [0.15, 0.2) is 0 Å². The van der Waals surface area contributed by atoms with E-state index in [1.165, 1.54) is 12.1 Å². The first-order valence-corrected chi connectivity index (χ1v) is 4.53. The average molecular weight is 241 g/mol. The van der Waals surface area contributed by atoms with Crippen LogP contribution in [0.3, 0.4) is 0 Å². The summed E-state index contributed by atoms with van der Waals surface area (Å²) in [4.78, 5) is 13.4. The van der Waals surface area contributed by atoms with Crippen molar-refractivity contribution in [1.82, 2.24) is 4.98 Å². The molecule has 0 fully saturated rings. The number of nitrogens with zero attached hydrogens (tertiary/aromatic N) is 1. The Hall–Kier alpha value is -2.18. The third-order valence-electron chi connectivity index (χ3n) is 2.26. The second-order valence-electron chi connectivity index (χ2n) is 3.39. The molecule has 1 heterocycles. The van der Waals surface area contributed by atoms with E-state index in [0.29, 0.717) is 6.07 Å². The van der Waals surface area contributed by atoms with Crippen molar-refractivity contribution in [2.75, 3.05) is 0 Å². The molecule has 0 spiro atoms. The van der Waals surface area contributed by atoms with Crippen LogP contribution in [0.25, 0.3) is 10.9 Å². The van der Waals surface area contributed by atoms with Crippen molar-refractivity contribution in [3.63, 3.8) is 0 Å². The number of alkyl halides is 3. The third-order valence-corrected chi connectivity index (χ3v) is 2.26. The van der Waals surface area contributed by atoms with Crippen LogP contribution in [0.15, 0.2) is 34.2 Å². The summed E-state index contributed by atoms with van der Waals surface area (Å²) in [6, 6.07) is 4.25. The molecule has 17 heavy (non-hydrogen) atoms. The highest BCUT2D eigenvalue weighted by Gasteiger charge is 2.33. The second kappa shape index (κ2) is 3.69. The summed E-state index contributed by atoms with van der Waals surface area (Å²) in [7, 11) is 0. The van der Waals surface area contributed by atoms with Gasteiger partial charge in [-0.15, -0.1) is 0 Å². The predicted molar refractivity (Wildman–Crippen MR) is 54.4 cm³/mol. The zero-order valence-corrected chi connectivity index (χ0v) is 8.30. The molecule has 1 aromatic heterocycles. The fourth-order valence-corrected chi connectivity index (χ4v) is 1.55. The lowest BCUT2D eigenvalue weighted by Gasteiger charge is -2.09. The van der Waals surface area contributed by atoms with Crippen LogP contribution in [0.2, 0.25) is 0 Å². The van der Waals surface area contributed by atoms with Gasteiger partial charge in [-0.1, -0.05) is 0 Å². The lowest BCUT2D eigenvalue weighted by Crippen LogP contribution is -2.13. The number of rotatable bonds is 1. The minimum absolute atomic E-state index is 0.0669. The molecule has 7 heteroatoms.